The van der Waals surface area contributed by atoms with E-state index in [1.54, 1.807) is 0 Å². The predicted molar refractivity (Wildman–Crippen MR) is 83.1 cm³/mol. The van der Waals surface area contributed by atoms with E-state index in [4.69, 9.17) is 0 Å². The molecule has 22 heavy (non-hydrogen) atoms. The molecule has 0 aromatic heterocycles. The summed E-state index contributed by atoms with van der Waals surface area (Å²) in [6.45, 7) is 2.12. The van der Waals surface area contributed by atoms with Crippen molar-refractivity contribution in [2.45, 2.75) is 64.4 Å². The Morgan fingerprint density at radius 1 is 1.18 bits per heavy atom. The van der Waals surface area contributed by atoms with Gasteiger partial charge in [0.05, 0.1) is 6.10 Å². The second kappa shape index (κ2) is 5.02. The fourth-order valence-corrected chi connectivity index (χ4v) is 6.43. The highest BCUT2D eigenvalue weighted by Gasteiger charge is 2.60. The van der Waals surface area contributed by atoms with Gasteiger partial charge in [0.15, 0.2) is 5.78 Å². The fourth-order valence-electron chi connectivity index (χ4n) is 6.43. The van der Waals surface area contributed by atoms with Crippen LogP contribution in [0.2, 0.25) is 0 Å². The molecule has 0 heterocycles. The van der Waals surface area contributed by atoms with Crippen LogP contribution in [0.15, 0.2) is 11.6 Å². The van der Waals surface area contributed by atoms with Gasteiger partial charge < -0.3 is 5.11 Å². The summed E-state index contributed by atoms with van der Waals surface area (Å²) in [6, 6.07) is 0. The minimum absolute atomic E-state index is 0.244. The van der Waals surface area contributed by atoms with Crippen molar-refractivity contribution in [1.29, 1.82) is 0 Å². The van der Waals surface area contributed by atoms with Crippen molar-refractivity contribution >= 4 is 11.6 Å². The number of hydrogen-bond acceptors (Lipinski definition) is 3. The van der Waals surface area contributed by atoms with Gasteiger partial charge in [0.1, 0.15) is 5.78 Å². The summed E-state index contributed by atoms with van der Waals surface area (Å²) in [5.74, 6) is 2.27. The molecule has 0 saturated heterocycles. The Morgan fingerprint density at radius 3 is 2.77 bits per heavy atom. The standard InChI is InChI=1S/C19H26O3/c1-2-19-10-16(21)18-13-6-4-12(20)9-11(13)3-5-14(18)15(19)7-8-17(19)22/h9,13-16,18,21H,2-8,10H2,1H3/t13?,14?,15?,16?,18?,19-/m0/s1. The van der Waals surface area contributed by atoms with Crippen LogP contribution in [0.25, 0.3) is 0 Å². The van der Waals surface area contributed by atoms with Crippen LogP contribution in [0.4, 0.5) is 0 Å². The molecule has 3 fully saturated rings. The van der Waals surface area contributed by atoms with Crippen molar-refractivity contribution in [1.82, 2.24) is 0 Å². The monoisotopic (exact) mass is 302 g/mol. The van der Waals surface area contributed by atoms with Crippen LogP contribution < -0.4 is 0 Å². The quantitative estimate of drug-likeness (QED) is 0.810. The molecule has 1 N–H and O–H groups in total. The van der Waals surface area contributed by atoms with Gasteiger partial charge in [-0.2, -0.15) is 0 Å². The summed E-state index contributed by atoms with van der Waals surface area (Å²) in [5.41, 5.74) is 1.04. The minimum Gasteiger partial charge on any atom is -0.393 e. The number of aliphatic hydroxyl groups is 1. The van der Waals surface area contributed by atoms with Crippen LogP contribution in [0.3, 0.4) is 0 Å². The first-order valence-electron chi connectivity index (χ1n) is 9.01. The first-order valence-corrected chi connectivity index (χ1v) is 9.01. The van der Waals surface area contributed by atoms with Crippen molar-refractivity contribution in [3.05, 3.63) is 11.6 Å². The molecule has 3 saturated carbocycles. The Morgan fingerprint density at radius 2 is 2.00 bits per heavy atom. The fraction of sp³-hybridized carbons (Fsp3) is 0.789. The van der Waals surface area contributed by atoms with E-state index in [-0.39, 0.29) is 23.2 Å². The Bertz CT molecular complexity index is 549. The Kier molecular flexibility index (Phi) is 3.34. The maximum Gasteiger partial charge on any atom is 0.155 e. The van der Waals surface area contributed by atoms with Gasteiger partial charge in [0.2, 0.25) is 0 Å². The van der Waals surface area contributed by atoms with E-state index in [2.05, 4.69) is 6.92 Å². The van der Waals surface area contributed by atoms with Crippen molar-refractivity contribution in [2.75, 3.05) is 0 Å². The summed E-state index contributed by atoms with van der Waals surface area (Å²) >= 11 is 0. The van der Waals surface area contributed by atoms with Gasteiger partial charge in [-0.15, -0.1) is 0 Å². The van der Waals surface area contributed by atoms with Crippen LogP contribution in [0.5, 0.6) is 0 Å². The van der Waals surface area contributed by atoms with Gasteiger partial charge in [-0.3, -0.25) is 9.59 Å². The summed E-state index contributed by atoms with van der Waals surface area (Å²) < 4.78 is 0. The molecule has 0 aromatic rings. The lowest BCUT2D eigenvalue weighted by atomic mass is 9.50. The number of rotatable bonds is 1. The van der Waals surface area contributed by atoms with Crippen molar-refractivity contribution in [3.8, 4) is 0 Å². The molecule has 0 bridgehead atoms. The first-order chi connectivity index (χ1) is 10.6. The highest BCUT2D eigenvalue weighted by atomic mass is 16.3. The van der Waals surface area contributed by atoms with Crippen LogP contribution in [0, 0.1) is 29.1 Å². The van der Waals surface area contributed by atoms with E-state index in [1.165, 1.54) is 5.57 Å². The van der Waals surface area contributed by atoms with Crippen LogP contribution >= 0.6 is 0 Å². The number of fused-ring (bicyclic) bond motifs is 5. The highest BCUT2D eigenvalue weighted by Crippen LogP contribution is 2.61. The maximum absolute atomic E-state index is 12.5. The third kappa shape index (κ3) is 1.84. The average molecular weight is 302 g/mol. The largest absolute Gasteiger partial charge is 0.393 e. The van der Waals surface area contributed by atoms with E-state index >= 15 is 0 Å². The minimum atomic E-state index is -0.370. The molecular formula is C19H26O3. The zero-order valence-corrected chi connectivity index (χ0v) is 13.4. The molecule has 4 aliphatic carbocycles. The number of aliphatic hydroxyl groups excluding tert-OH is 1. The average Bonchev–Trinajstić information content (AvgIpc) is 2.84. The third-order valence-electron chi connectivity index (χ3n) is 7.36. The molecule has 3 nitrogen and oxygen atoms in total. The third-order valence-corrected chi connectivity index (χ3v) is 7.36. The van der Waals surface area contributed by atoms with Crippen LogP contribution in [-0.2, 0) is 9.59 Å². The molecule has 0 radical (unpaired) electrons. The molecule has 5 unspecified atom stereocenters. The highest BCUT2D eigenvalue weighted by molar-refractivity contribution is 5.91. The molecule has 4 rings (SSSR count). The van der Waals surface area contributed by atoms with E-state index in [0.717, 1.165) is 32.1 Å². The predicted octanol–water partition coefficient (Wildman–Crippen LogP) is 3.06. The van der Waals surface area contributed by atoms with E-state index < -0.39 is 0 Å². The van der Waals surface area contributed by atoms with E-state index in [9.17, 15) is 14.7 Å². The molecule has 0 aromatic carbocycles. The molecular weight excluding hydrogens is 276 g/mol. The summed E-state index contributed by atoms with van der Waals surface area (Å²) in [5, 5.41) is 10.9. The normalized spacial score (nSPS) is 47.5. The second-order valence-electron chi connectivity index (χ2n) is 7.96. The van der Waals surface area contributed by atoms with Gasteiger partial charge in [0.25, 0.3) is 0 Å². The molecule has 0 aliphatic heterocycles. The molecule has 120 valence electrons. The number of allylic oxidation sites excluding steroid dienone is 1. The number of hydrogen-bond donors (Lipinski definition) is 1. The Labute approximate surface area is 132 Å². The van der Waals surface area contributed by atoms with Crippen molar-refractivity contribution < 1.29 is 14.7 Å². The summed E-state index contributed by atoms with van der Waals surface area (Å²) in [6.07, 6.45) is 8.34. The smallest absolute Gasteiger partial charge is 0.155 e. The van der Waals surface area contributed by atoms with Gasteiger partial charge in [0, 0.05) is 18.3 Å². The Hall–Kier alpha value is -0.960. The number of ketones is 2. The van der Waals surface area contributed by atoms with Crippen molar-refractivity contribution in [2.24, 2.45) is 29.1 Å². The SMILES string of the molecule is CC[C@]12CC(O)C3C4CCC(=O)C=C4CCC3C1CCC2=O. The van der Waals surface area contributed by atoms with Gasteiger partial charge >= 0.3 is 0 Å². The molecule has 4 aliphatic rings. The van der Waals surface area contributed by atoms with Crippen LogP contribution in [-0.4, -0.2) is 22.8 Å². The second-order valence-corrected chi connectivity index (χ2v) is 7.96. The first kappa shape index (κ1) is 14.6. The van der Waals surface area contributed by atoms with Crippen molar-refractivity contribution in [3.63, 3.8) is 0 Å². The zero-order chi connectivity index (χ0) is 15.5. The lowest BCUT2D eigenvalue weighted by molar-refractivity contribution is -0.143. The summed E-state index contributed by atoms with van der Waals surface area (Å²) in [4.78, 5) is 24.2. The molecule has 6 atom stereocenters. The summed E-state index contributed by atoms with van der Waals surface area (Å²) in [7, 11) is 0. The van der Waals surface area contributed by atoms with Crippen LogP contribution in [0.1, 0.15) is 58.3 Å². The molecule has 0 spiro atoms. The molecule has 0 amide bonds. The number of carbonyl (C=O) groups is 2. The zero-order valence-electron chi connectivity index (χ0n) is 13.4. The number of carbonyl (C=O) groups excluding carboxylic acids is 2. The lowest BCUT2D eigenvalue weighted by Gasteiger charge is -2.54. The lowest BCUT2D eigenvalue weighted by Crippen LogP contribution is -2.54. The number of Topliss-reactive ketones (excluding diaryl/α,β-unsaturated/α-hetero) is 1. The van der Waals surface area contributed by atoms with E-state index in [1.807, 2.05) is 6.08 Å². The Balaban J connectivity index is 1.70. The molecule has 3 heteroatoms. The van der Waals surface area contributed by atoms with E-state index in [0.29, 0.717) is 42.8 Å². The van der Waals surface area contributed by atoms with Gasteiger partial charge in [-0.25, -0.2) is 0 Å². The van der Waals surface area contributed by atoms with Gasteiger partial charge in [-0.1, -0.05) is 12.5 Å². The van der Waals surface area contributed by atoms with Gasteiger partial charge in [-0.05, 0) is 68.3 Å². The maximum atomic E-state index is 12.5. The topological polar surface area (TPSA) is 54.4 Å².